The highest BCUT2D eigenvalue weighted by molar-refractivity contribution is 5.98. The molecular formula is C20H29N5O3. The summed E-state index contributed by atoms with van der Waals surface area (Å²) in [5.74, 6) is -0.0479. The molecule has 0 aromatic heterocycles. The van der Waals surface area contributed by atoms with Gasteiger partial charge in [-0.05, 0) is 44.0 Å². The van der Waals surface area contributed by atoms with E-state index in [0.717, 1.165) is 38.2 Å². The van der Waals surface area contributed by atoms with Gasteiger partial charge in [-0.25, -0.2) is 0 Å². The molecule has 0 atom stereocenters. The Bertz CT molecular complexity index is 713. The second kappa shape index (κ2) is 9.16. The number of anilines is 1. The van der Waals surface area contributed by atoms with Crippen molar-refractivity contribution in [1.82, 2.24) is 9.80 Å². The number of rotatable bonds is 6. The predicted octanol–water partition coefficient (Wildman–Crippen LogP) is 0.647. The summed E-state index contributed by atoms with van der Waals surface area (Å²) in [4.78, 5) is 30.5. The van der Waals surface area contributed by atoms with Gasteiger partial charge in [-0.2, -0.15) is 0 Å². The minimum absolute atomic E-state index is 0.0250. The third-order valence-corrected chi connectivity index (χ3v) is 5.47. The summed E-state index contributed by atoms with van der Waals surface area (Å²) >= 11 is 0. The number of amidine groups is 1. The van der Waals surface area contributed by atoms with Crippen LogP contribution in [0.2, 0.25) is 0 Å². The number of esters is 1. The molecule has 2 fully saturated rings. The van der Waals surface area contributed by atoms with E-state index < -0.39 is 0 Å². The molecule has 1 aromatic carbocycles. The number of likely N-dealkylation sites (tertiary alicyclic amines) is 1. The predicted molar refractivity (Wildman–Crippen MR) is 107 cm³/mol. The smallest absolute Gasteiger partial charge is 0.320 e. The van der Waals surface area contributed by atoms with Crippen molar-refractivity contribution in [3.05, 3.63) is 29.8 Å². The summed E-state index contributed by atoms with van der Waals surface area (Å²) in [6.07, 6.45) is 1.92. The molecule has 2 saturated heterocycles. The molecule has 8 nitrogen and oxygen atoms in total. The van der Waals surface area contributed by atoms with Crippen molar-refractivity contribution in [2.75, 3.05) is 50.8 Å². The van der Waals surface area contributed by atoms with E-state index >= 15 is 0 Å². The van der Waals surface area contributed by atoms with Crippen LogP contribution in [0.5, 0.6) is 0 Å². The molecule has 0 bridgehead atoms. The van der Waals surface area contributed by atoms with Gasteiger partial charge in [-0.1, -0.05) is 0 Å². The molecule has 152 valence electrons. The lowest BCUT2D eigenvalue weighted by Crippen LogP contribution is -2.56. The summed E-state index contributed by atoms with van der Waals surface area (Å²) in [6, 6.07) is 7.62. The molecule has 0 radical (unpaired) electrons. The Balaban J connectivity index is 1.50. The number of carbonyl (C=O) groups excluding carboxylic acids is 2. The Hall–Kier alpha value is -2.45. The highest BCUT2D eigenvalue weighted by atomic mass is 16.5. The highest BCUT2D eigenvalue weighted by Crippen LogP contribution is 2.22. The first kappa shape index (κ1) is 20.3. The zero-order valence-electron chi connectivity index (χ0n) is 16.4. The van der Waals surface area contributed by atoms with Crippen LogP contribution in [-0.2, 0) is 14.3 Å². The third-order valence-electron chi connectivity index (χ3n) is 5.47. The molecule has 0 spiro atoms. The summed E-state index contributed by atoms with van der Waals surface area (Å²) < 4.78 is 5.02. The Morgan fingerprint density at radius 2 is 1.86 bits per heavy atom. The number of nitrogens with two attached hydrogens (primary N) is 1. The largest absolute Gasteiger partial charge is 0.465 e. The second-order valence-corrected chi connectivity index (χ2v) is 7.29. The van der Waals surface area contributed by atoms with Gasteiger partial charge in [0.05, 0.1) is 19.7 Å². The third kappa shape index (κ3) is 4.88. The average molecular weight is 387 g/mol. The first-order valence-corrected chi connectivity index (χ1v) is 9.84. The molecule has 0 saturated carbocycles. The SMILES string of the molecule is CCOC(=O)CN1CCC(N2CCN(c3ccc(C(=N)N)cc3)C(=O)C2)CC1. The van der Waals surface area contributed by atoms with E-state index in [9.17, 15) is 9.59 Å². The van der Waals surface area contributed by atoms with Crippen molar-refractivity contribution >= 4 is 23.4 Å². The highest BCUT2D eigenvalue weighted by Gasteiger charge is 2.32. The number of hydrogen-bond acceptors (Lipinski definition) is 6. The van der Waals surface area contributed by atoms with Crippen molar-refractivity contribution in [2.24, 2.45) is 5.73 Å². The number of carbonyl (C=O) groups is 2. The van der Waals surface area contributed by atoms with E-state index in [4.69, 9.17) is 15.9 Å². The van der Waals surface area contributed by atoms with Gasteiger partial charge < -0.3 is 15.4 Å². The number of piperazine rings is 1. The monoisotopic (exact) mass is 387 g/mol. The fourth-order valence-corrected chi connectivity index (χ4v) is 3.93. The van der Waals surface area contributed by atoms with Crippen LogP contribution in [0.25, 0.3) is 0 Å². The van der Waals surface area contributed by atoms with Gasteiger partial charge in [-0.3, -0.25) is 24.8 Å². The van der Waals surface area contributed by atoms with Crippen LogP contribution < -0.4 is 10.6 Å². The number of nitrogen functional groups attached to an aromatic ring is 1. The van der Waals surface area contributed by atoms with Gasteiger partial charge in [-0.15, -0.1) is 0 Å². The van der Waals surface area contributed by atoms with Crippen molar-refractivity contribution in [2.45, 2.75) is 25.8 Å². The lowest BCUT2D eigenvalue weighted by atomic mass is 10.0. The van der Waals surface area contributed by atoms with E-state index in [1.54, 1.807) is 17.0 Å². The van der Waals surface area contributed by atoms with Crippen LogP contribution in [0.15, 0.2) is 24.3 Å². The Kier molecular flexibility index (Phi) is 6.64. The zero-order valence-corrected chi connectivity index (χ0v) is 16.4. The van der Waals surface area contributed by atoms with Crippen LogP contribution in [-0.4, -0.2) is 79.4 Å². The number of piperidine rings is 1. The van der Waals surface area contributed by atoms with Gasteiger partial charge in [0.25, 0.3) is 0 Å². The number of nitrogens with zero attached hydrogens (tertiary/aromatic N) is 3. The number of hydrogen-bond donors (Lipinski definition) is 2. The minimum Gasteiger partial charge on any atom is -0.465 e. The maximum Gasteiger partial charge on any atom is 0.320 e. The Morgan fingerprint density at radius 3 is 2.43 bits per heavy atom. The first-order valence-electron chi connectivity index (χ1n) is 9.84. The molecule has 2 aliphatic rings. The Morgan fingerprint density at radius 1 is 1.18 bits per heavy atom. The molecule has 0 aliphatic carbocycles. The molecule has 2 aliphatic heterocycles. The van der Waals surface area contributed by atoms with E-state index in [1.165, 1.54) is 0 Å². The van der Waals surface area contributed by atoms with Crippen LogP contribution in [0.3, 0.4) is 0 Å². The minimum atomic E-state index is -0.166. The number of benzene rings is 1. The van der Waals surface area contributed by atoms with Crippen molar-refractivity contribution < 1.29 is 14.3 Å². The van der Waals surface area contributed by atoms with Crippen molar-refractivity contribution in [3.8, 4) is 0 Å². The van der Waals surface area contributed by atoms with E-state index in [1.807, 2.05) is 19.1 Å². The molecule has 1 amide bonds. The van der Waals surface area contributed by atoms with Crippen LogP contribution in [0, 0.1) is 5.41 Å². The van der Waals surface area contributed by atoms with Crippen LogP contribution in [0.1, 0.15) is 25.3 Å². The van der Waals surface area contributed by atoms with Gasteiger partial charge >= 0.3 is 5.97 Å². The maximum absolute atomic E-state index is 12.7. The fourth-order valence-electron chi connectivity index (χ4n) is 3.93. The van der Waals surface area contributed by atoms with Gasteiger partial charge in [0.2, 0.25) is 5.91 Å². The van der Waals surface area contributed by atoms with Gasteiger partial charge in [0.1, 0.15) is 5.84 Å². The van der Waals surface area contributed by atoms with Crippen LogP contribution >= 0.6 is 0 Å². The number of amides is 1. The van der Waals surface area contributed by atoms with E-state index in [2.05, 4.69) is 9.80 Å². The molecule has 1 aromatic rings. The summed E-state index contributed by atoms with van der Waals surface area (Å²) in [5.41, 5.74) is 6.99. The van der Waals surface area contributed by atoms with E-state index in [0.29, 0.717) is 37.8 Å². The molecule has 3 N–H and O–H groups in total. The fraction of sp³-hybridized carbons (Fsp3) is 0.550. The molecule has 28 heavy (non-hydrogen) atoms. The summed E-state index contributed by atoms with van der Waals surface area (Å²) in [6.45, 7) is 6.19. The Labute approximate surface area is 165 Å². The zero-order chi connectivity index (χ0) is 20.1. The number of ether oxygens (including phenoxy) is 1. The average Bonchev–Trinajstić information content (AvgIpc) is 2.69. The van der Waals surface area contributed by atoms with Gasteiger partial charge in [0, 0.05) is 43.5 Å². The molecule has 3 rings (SSSR count). The van der Waals surface area contributed by atoms with E-state index in [-0.39, 0.29) is 17.7 Å². The van der Waals surface area contributed by atoms with Crippen LogP contribution in [0.4, 0.5) is 5.69 Å². The summed E-state index contributed by atoms with van der Waals surface area (Å²) in [5, 5.41) is 7.46. The second-order valence-electron chi connectivity index (χ2n) is 7.29. The number of nitrogens with one attached hydrogen (secondary N) is 1. The molecule has 8 heteroatoms. The lowest BCUT2D eigenvalue weighted by molar-refractivity contribution is -0.144. The van der Waals surface area contributed by atoms with Crippen molar-refractivity contribution in [1.29, 1.82) is 5.41 Å². The van der Waals surface area contributed by atoms with Gasteiger partial charge in [0.15, 0.2) is 0 Å². The molecule has 0 unspecified atom stereocenters. The topological polar surface area (TPSA) is 103 Å². The lowest BCUT2D eigenvalue weighted by Gasteiger charge is -2.42. The molecule has 2 heterocycles. The first-order chi connectivity index (χ1) is 13.5. The quantitative estimate of drug-likeness (QED) is 0.422. The normalized spacial score (nSPS) is 19.6. The van der Waals surface area contributed by atoms with Crippen molar-refractivity contribution in [3.63, 3.8) is 0 Å². The standard InChI is InChI=1S/C20H29N5O3/c1-2-28-19(27)14-23-9-7-16(8-10-23)24-11-12-25(18(26)13-24)17-5-3-15(4-6-17)20(21)22/h3-6,16H,2,7-14H2,1H3,(H3,21,22). The molecular weight excluding hydrogens is 358 g/mol. The summed E-state index contributed by atoms with van der Waals surface area (Å²) in [7, 11) is 0. The maximum atomic E-state index is 12.7.